The Morgan fingerprint density at radius 1 is 1.13 bits per heavy atom. The van der Waals surface area contributed by atoms with Gasteiger partial charge >= 0.3 is 6.18 Å². The number of nitrogens with two attached hydrogens (primary N) is 1. The monoisotopic (exact) mass is 546 g/mol. The number of aromatic amines is 1. The summed E-state index contributed by atoms with van der Waals surface area (Å²) in [7, 11) is 0. The number of H-pyrrole nitrogens is 1. The van der Waals surface area contributed by atoms with Gasteiger partial charge in [-0.1, -0.05) is 19.9 Å². The van der Waals surface area contributed by atoms with Crippen LogP contribution in [0.1, 0.15) is 71.0 Å². The minimum atomic E-state index is -4.42. The molecule has 2 atom stereocenters. The van der Waals surface area contributed by atoms with E-state index in [1.165, 1.54) is 12.4 Å². The second-order valence-corrected chi connectivity index (χ2v) is 9.80. The summed E-state index contributed by atoms with van der Waals surface area (Å²) < 4.78 is 48.1. The van der Waals surface area contributed by atoms with Crippen LogP contribution < -0.4 is 5.73 Å². The Morgan fingerprint density at radius 3 is 2.67 bits per heavy atom. The Hall–Kier alpha value is -3.25. The van der Waals surface area contributed by atoms with Crippen molar-refractivity contribution < 1.29 is 17.9 Å². The summed E-state index contributed by atoms with van der Waals surface area (Å²) in [6.07, 6.45) is 2.76. The quantitative estimate of drug-likeness (QED) is 0.258. The van der Waals surface area contributed by atoms with Crippen molar-refractivity contribution in [2.45, 2.75) is 84.3 Å². The first-order valence-corrected chi connectivity index (χ1v) is 13.6. The average molecular weight is 547 g/mol. The van der Waals surface area contributed by atoms with Gasteiger partial charge in [-0.25, -0.2) is 19.9 Å². The summed E-state index contributed by atoms with van der Waals surface area (Å²) in [4.78, 5) is 22.3. The smallest absolute Gasteiger partial charge is 0.382 e. The van der Waals surface area contributed by atoms with Gasteiger partial charge in [-0.15, -0.1) is 0 Å². The zero-order valence-electron chi connectivity index (χ0n) is 22.9. The van der Waals surface area contributed by atoms with E-state index in [9.17, 15) is 13.2 Å². The number of nitrogen functional groups attached to an aromatic ring is 1. The molecule has 12 heteroatoms. The normalized spacial score (nSPS) is 17.9. The first-order valence-electron chi connectivity index (χ1n) is 13.6. The van der Waals surface area contributed by atoms with E-state index in [0.29, 0.717) is 40.8 Å². The molecular weight excluding hydrogens is 509 g/mol. The zero-order valence-corrected chi connectivity index (χ0v) is 22.9. The number of anilines is 1. The van der Waals surface area contributed by atoms with E-state index in [1.54, 1.807) is 12.4 Å². The van der Waals surface area contributed by atoms with Gasteiger partial charge in [0.25, 0.3) is 0 Å². The Balaban J connectivity index is 0.00000172. The summed E-state index contributed by atoms with van der Waals surface area (Å²) in [6.45, 7) is 9.99. The van der Waals surface area contributed by atoms with Crippen molar-refractivity contribution in [2.24, 2.45) is 0 Å². The fourth-order valence-corrected chi connectivity index (χ4v) is 4.97. The molecule has 1 aliphatic rings. The second kappa shape index (κ2) is 12.3. The van der Waals surface area contributed by atoms with Gasteiger partial charge < -0.3 is 15.5 Å². The summed E-state index contributed by atoms with van der Waals surface area (Å²) in [5, 5.41) is 0. The fraction of sp³-hybridized carbons (Fsp3) is 0.556. The summed E-state index contributed by atoms with van der Waals surface area (Å²) in [5.74, 6) is 0.939. The number of hydrogen-bond acceptors (Lipinski definition) is 7. The molecule has 3 aromatic heterocycles. The lowest BCUT2D eigenvalue weighted by Crippen LogP contribution is -2.38. The first-order chi connectivity index (χ1) is 18.7. The van der Waals surface area contributed by atoms with Crippen LogP contribution in [0, 0.1) is 0 Å². The molecule has 0 saturated carbocycles. The molecule has 0 radical (unpaired) electrons. The number of fused-ring (bicyclic) bond motifs is 2. The maximum Gasteiger partial charge on any atom is 0.418 e. The lowest BCUT2D eigenvalue weighted by atomic mass is 10.1. The van der Waals surface area contributed by atoms with Gasteiger partial charge in [0.2, 0.25) is 0 Å². The number of unbranched alkanes of at least 4 members (excludes halogenated alkanes) is 1. The van der Waals surface area contributed by atoms with E-state index in [4.69, 9.17) is 10.5 Å². The largest absolute Gasteiger partial charge is 0.418 e. The number of aryl methyl sites for hydroxylation is 1. The molecule has 0 spiro atoms. The van der Waals surface area contributed by atoms with Crippen LogP contribution in [0.15, 0.2) is 30.9 Å². The molecular formula is C27H37F3N8O. The number of imidazole rings is 2. The third kappa shape index (κ3) is 6.50. The molecule has 1 aromatic carbocycles. The van der Waals surface area contributed by atoms with Crippen LogP contribution in [-0.2, 0) is 17.3 Å². The molecule has 0 bridgehead atoms. The van der Waals surface area contributed by atoms with Crippen molar-refractivity contribution in [3.63, 3.8) is 0 Å². The number of alkyl halides is 3. The predicted molar refractivity (Wildman–Crippen MR) is 145 cm³/mol. The zero-order chi connectivity index (χ0) is 28.2. The molecule has 5 rings (SSSR count). The molecule has 2 unspecified atom stereocenters. The minimum Gasteiger partial charge on any atom is -0.382 e. The molecule has 4 heterocycles. The standard InChI is InChI=1S/C25H31F3N8O.C2H6/c1-15(2)35(11-4-3-8-19-33-18-7-5-6-17(21(18)34-19)25(26,27)28)12-16-9-10-20(37-16)36-14-32-22-23(29)30-13-31-24(22)36;1-2/h5-7,13-16,20H,3-4,8-12H2,1-2H3,(H,33,34)(H2,29,30,31);1-2H3. The predicted octanol–water partition coefficient (Wildman–Crippen LogP) is 5.74. The van der Waals surface area contributed by atoms with Gasteiger partial charge in [-0.3, -0.25) is 9.47 Å². The maximum absolute atomic E-state index is 13.3. The van der Waals surface area contributed by atoms with E-state index in [-0.39, 0.29) is 17.8 Å². The molecule has 0 amide bonds. The Morgan fingerprint density at radius 2 is 1.92 bits per heavy atom. The molecule has 39 heavy (non-hydrogen) atoms. The van der Waals surface area contributed by atoms with Gasteiger partial charge in [-0.2, -0.15) is 13.2 Å². The number of rotatable bonds is 9. The second-order valence-electron chi connectivity index (χ2n) is 9.80. The van der Waals surface area contributed by atoms with Crippen LogP contribution >= 0.6 is 0 Å². The van der Waals surface area contributed by atoms with E-state index >= 15 is 0 Å². The number of ether oxygens (including phenoxy) is 1. The molecule has 1 aliphatic heterocycles. The fourth-order valence-electron chi connectivity index (χ4n) is 4.97. The van der Waals surface area contributed by atoms with Gasteiger partial charge in [0.15, 0.2) is 11.5 Å². The molecule has 1 fully saturated rings. The third-order valence-electron chi connectivity index (χ3n) is 6.93. The number of halogens is 3. The highest BCUT2D eigenvalue weighted by atomic mass is 19.4. The number of nitrogens with zero attached hydrogens (tertiary/aromatic N) is 6. The Labute approximate surface area is 226 Å². The molecule has 4 aromatic rings. The van der Waals surface area contributed by atoms with Crippen molar-refractivity contribution in [2.75, 3.05) is 18.8 Å². The highest BCUT2D eigenvalue weighted by Crippen LogP contribution is 2.34. The molecule has 212 valence electrons. The van der Waals surface area contributed by atoms with Gasteiger partial charge in [0.1, 0.15) is 29.4 Å². The number of benzene rings is 1. The third-order valence-corrected chi connectivity index (χ3v) is 6.93. The average Bonchev–Trinajstić information content (AvgIpc) is 3.64. The van der Waals surface area contributed by atoms with Crippen molar-refractivity contribution in [1.82, 2.24) is 34.4 Å². The topological polar surface area (TPSA) is 111 Å². The minimum absolute atomic E-state index is 0.0124. The number of hydrogen-bond donors (Lipinski definition) is 2. The Bertz CT molecular complexity index is 1370. The lowest BCUT2D eigenvalue weighted by molar-refractivity contribution is -0.136. The summed E-state index contributed by atoms with van der Waals surface area (Å²) in [5.41, 5.74) is 6.87. The SMILES string of the molecule is CC.CC(C)N(CCCCc1nc2c(C(F)(F)F)cccc2[nH]1)CC1CCC(n2cnc3c(N)ncnc32)O1. The van der Waals surface area contributed by atoms with Gasteiger partial charge in [-0.05, 0) is 58.2 Å². The summed E-state index contributed by atoms with van der Waals surface area (Å²) >= 11 is 0. The van der Waals surface area contributed by atoms with Crippen LogP contribution in [0.4, 0.5) is 19.0 Å². The van der Waals surface area contributed by atoms with Crippen molar-refractivity contribution in [1.29, 1.82) is 0 Å². The Kier molecular flexibility index (Phi) is 9.06. The van der Waals surface area contributed by atoms with Crippen LogP contribution in [0.2, 0.25) is 0 Å². The summed E-state index contributed by atoms with van der Waals surface area (Å²) in [6, 6.07) is 4.44. The van der Waals surface area contributed by atoms with Gasteiger partial charge in [0, 0.05) is 19.0 Å². The van der Waals surface area contributed by atoms with E-state index < -0.39 is 11.7 Å². The number of para-hydroxylation sites is 1. The van der Waals surface area contributed by atoms with E-state index in [2.05, 4.69) is 43.7 Å². The van der Waals surface area contributed by atoms with Crippen LogP contribution in [-0.4, -0.2) is 59.6 Å². The lowest BCUT2D eigenvalue weighted by Gasteiger charge is -2.29. The molecule has 1 saturated heterocycles. The van der Waals surface area contributed by atoms with Crippen molar-refractivity contribution in [3.8, 4) is 0 Å². The highest BCUT2D eigenvalue weighted by molar-refractivity contribution is 5.81. The van der Waals surface area contributed by atoms with Crippen LogP contribution in [0.5, 0.6) is 0 Å². The number of aromatic nitrogens is 6. The first kappa shape index (κ1) is 28.8. The highest BCUT2D eigenvalue weighted by Gasteiger charge is 2.34. The van der Waals surface area contributed by atoms with Crippen molar-refractivity contribution >= 4 is 28.0 Å². The molecule has 9 nitrogen and oxygen atoms in total. The number of nitrogens with one attached hydrogen (secondary N) is 1. The molecule has 0 aliphatic carbocycles. The van der Waals surface area contributed by atoms with E-state index in [1.807, 2.05) is 18.4 Å². The molecule has 3 N–H and O–H groups in total. The van der Waals surface area contributed by atoms with Crippen LogP contribution in [0.3, 0.4) is 0 Å². The van der Waals surface area contributed by atoms with Gasteiger partial charge in [0.05, 0.1) is 23.5 Å². The van der Waals surface area contributed by atoms with E-state index in [0.717, 1.165) is 44.8 Å². The maximum atomic E-state index is 13.3. The van der Waals surface area contributed by atoms with Crippen LogP contribution in [0.25, 0.3) is 22.2 Å². The van der Waals surface area contributed by atoms with Crippen molar-refractivity contribution in [3.05, 3.63) is 42.2 Å².